The van der Waals surface area contributed by atoms with Crippen LogP contribution in [0, 0.1) is 0 Å². The first-order valence-corrected chi connectivity index (χ1v) is 9.58. The van der Waals surface area contributed by atoms with Gasteiger partial charge in [-0.15, -0.1) is 0 Å². The second-order valence-electron chi connectivity index (χ2n) is 6.13. The number of carbonyl (C=O) groups is 2. The van der Waals surface area contributed by atoms with Gasteiger partial charge in [0.15, 0.2) is 14.6 Å². The maximum atomic E-state index is 13.1. The molecule has 0 bridgehead atoms. The zero-order chi connectivity index (χ0) is 18.0. The van der Waals surface area contributed by atoms with Gasteiger partial charge in [0.2, 0.25) is 5.91 Å². The fourth-order valence-corrected chi connectivity index (χ4v) is 5.27. The van der Waals surface area contributed by atoms with Crippen LogP contribution in [-0.2, 0) is 19.4 Å². The van der Waals surface area contributed by atoms with Gasteiger partial charge in [0, 0.05) is 11.1 Å². The Morgan fingerprint density at radius 3 is 2.29 bits per heavy atom. The Labute approximate surface area is 146 Å². The third-order valence-electron chi connectivity index (χ3n) is 4.32. The van der Waals surface area contributed by atoms with Crippen LogP contribution in [0.15, 0.2) is 29.2 Å². The van der Waals surface area contributed by atoms with Gasteiger partial charge in [-0.1, -0.05) is 24.4 Å². The maximum Gasteiger partial charge on any atom is 0.305 e. The molecule has 1 aliphatic rings. The quantitative estimate of drug-likeness (QED) is 0.797. The van der Waals surface area contributed by atoms with Crippen LogP contribution in [0.25, 0.3) is 0 Å². The monoisotopic (exact) mass is 373 g/mol. The molecule has 0 spiro atoms. The summed E-state index contributed by atoms with van der Waals surface area (Å²) in [7, 11) is -3.91. The smallest absolute Gasteiger partial charge is 0.305 e. The van der Waals surface area contributed by atoms with Gasteiger partial charge in [0.05, 0.1) is 11.3 Å². The van der Waals surface area contributed by atoms with E-state index in [2.05, 4.69) is 5.32 Å². The van der Waals surface area contributed by atoms with Crippen molar-refractivity contribution in [2.45, 2.75) is 54.7 Å². The third-order valence-corrected chi connectivity index (χ3v) is 7.09. The average molecular weight is 374 g/mol. The lowest BCUT2D eigenvalue weighted by Crippen LogP contribution is -2.53. The van der Waals surface area contributed by atoms with Crippen LogP contribution in [0.3, 0.4) is 0 Å². The summed E-state index contributed by atoms with van der Waals surface area (Å²) in [5, 5.41) is 11.8. The van der Waals surface area contributed by atoms with E-state index in [0.717, 1.165) is 0 Å². The van der Waals surface area contributed by atoms with E-state index in [1.165, 1.54) is 24.3 Å². The summed E-state index contributed by atoms with van der Waals surface area (Å²) in [5.41, 5.74) is 0. The number of sulfone groups is 1. The fourth-order valence-electron chi connectivity index (χ4n) is 3.07. The van der Waals surface area contributed by atoms with Gasteiger partial charge in [-0.3, -0.25) is 9.59 Å². The third kappa shape index (κ3) is 3.57. The molecule has 1 unspecified atom stereocenters. The molecule has 1 saturated carbocycles. The second-order valence-corrected chi connectivity index (χ2v) is 8.83. The molecule has 1 amide bonds. The Hall–Kier alpha value is -1.60. The molecule has 2 rings (SSSR count). The van der Waals surface area contributed by atoms with E-state index in [0.29, 0.717) is 17.9 Å². The molecular formula is C16H20ClNO5S. The Bertz CT molecular complexity index is 723. The van der Waals surface area contributed by atoms with E-state index >= 15 is 0 Å². The molecule has 2 N–H and O–H groups in total. The van der Waals surface area contributed by atoms with E-state index in [9.17, 15) is 18.0 Å². The predicted molar refractivity (Wildman–Crippen MR) is 89.7 cm³/mol. The number of carboxylic acids is 1. The SMILES string of the molecule is CC(CC(=O)O)NC(=O)C1(S(=O)(=O)c2ccc(Cl)cc2)CCCC1. The van der Waals surface area contributed by atoms with Crippen molar-refractivity contribution in [3.05, 3.63) is 29.3 Å². The molecule has 0 heterocycles. The van der Waals surface area contributed by atoms with Crippen LogP contribution < -0.4 is 5.32 Å². The molecule has 0 radical (unpaired) electrons. The second kappa shape index (κ2) is 7.11. The topological polar surface area (TPSA) is 101 Å². The summed E-state index contributed by atoms with van der Waals surface area (Å²) in [6.45, 7) is 1.55. The summed E-state index contributed by atoms with van der Waals surface area (Å²) in [5.74, 6) is -1.67. The lowest BCUT2D eigenvalue weighted by Gasteiger charge is -2.29. The Kier molecular flexibility index (Phi) is 5.55. The summed E-state index contributed by atoms with van der Waals surface area (Å²) < 4.78 is 24.6. The molecule has 24 heavy (non-hydrogen) atoms. The highest BCUT2D eigenvalue weighted by atomic mass is 35.5. The summed E-state index contributed by atoms with van der Waals surface area (Å²) in [4.78, 5) is 23.5. The van der Waals surface area contributed by atoms with Crippen molar-refractivity contribution in [2.24, 2.45) is 0 Å². The zero-order valence-electron chi connectivity index (χ0n) is 13.3. The molecule has 8 heteroatoms. The number of aliphatic carboxylic acids is 1. The number of halogens is 1. The normalized spacial score (nSPS) is 18.1. The van der Waals surface area contributed by atoms with Crippen molar-refractivity contribution in [1.29, 1.82) is 0 Å². The van der Waals surface area contributed by atoms with E-state index in [1.807, 2.05) is 0 Å². The maximum absolute atomic E-state index is 13.1. The summed E-state index contributed by atoms with van der Waals surface area (Å²) >= 11 is 5.81. The van der Waals surface area contributed by atoms with Gasteiger partial charge in [0.25, 0.3) is 0 Å². The van der Waals surface area contributed by atoms with Crippen LogP contribution >= 0.6 is 11.6 Å². The molecular weight excluding hydrogens is 354 g/mol. The number of benzene rings is 1. The van der Waals surface area contributed by atoms with Gasteiger partial charge >= 0.3 is 5.97 Å². The Morgan fingerprint density at radius 2 is 1.79 bits per heavy atom. The molecule has 1 aromatic rings. The minimum absolute atomic E-state index is 0.0508. The largest absolute Gasteiger partial charge is 0.481 e. The summed E-state index contributed by atoms with van der Waals surface area (Å²) in [6.07, 6.45) is 1.46. The molecule has 1 atom stereocenters. The van der Waals surface area contributed by atoms with Gasteiger partial charge in [-0.25, -0.2) is 8.42 Å². The lowest BCUT2D eigenvalue weighted by molar-refractivity contribution is -0.137. The van der Waals surface area contributed by atoms with E-state index in [-0.39, 0.29) is 24.2 Å². The number of carbonyl (C=O) groups excluding carboxylic acids is 1. The molecule has 0 saturated heterocycles. The number of nitrogens with one attached hydrogen (secondary N) is 1. The van der Waals surface area contributed by atoms with Crippen molar-refractivity contribution in [1.82, 2.24) is 5.32 Å². The zero-order valence-corrected chi connectivity index (χ0v) is 14.9. The van der Waals surface area contributed by atoms with Crippen molar-refractivity contribution in [2.75, 3.05) is 0 Å². The predicted octanol–water partition coefficient (Wildman–Crippen LogP) is 2.41. The number of hydrogen-bond acceptors (Lipinski definition) is 4. The minimum Gasteiger partial charge on any atom is -0.481 e. The van der Waals surface area contributed by atoms with Gasteiger partial charge in [0.1, 0.15) is 0 Å². The number of amides is 1. The molecule has 132 valence electrons. The van der Waals surface area contributed by atoms with Gasteiger partial charge in [-0.2, -0.15) is 0 Å². The number of hydrogen-bond donors (Lipinski definition) is 2. The molecule has 0 aliphatic heterocycles. The van der Waals surface area contributed by atoms with Crippen molar-refractivity contribution < 1.29 is 23.1 Å². The van der Waals surface area contributed by atoms with Gasteiger partial charge < -0.3 is 10.4 Å². The summed E-state index contributed by atoms with van der Waals surface area (Å²) in [6, 6.07) is 5.09. The fraction of sp³-hybridized carbons (Fsp3) is 0.500. The van der Waals surface area contributed by atoms with E-state index < -0.39 is 32.5 Å². The molecule has 1 aromatic carbocycles. The molecule has 1 aliphatic carbocycles. The lowest BCUT2D eigenvalue weighted by atomic mass is 10.1. The highest BCUT2D eigenvalue weighted by molar-refractivity contribution is 7.93. The molecule has 0 aromatic heterocycles. The Morgan fingerprint density at radius 1 is 1.25 bits per heavy atom. The van der Waals surface area contributed by atoms with Crippen molar-refractivity contribution in [3.8, 4) is 0 Å². The first-order chi connectivity index (χ1) is 11.2. The van der Waals surface area contributed by atoms with Gasteiger partial charge in [-0.05, 0) is 44.0 Å². The van der Waals surface area contributed by atoms with Crippen molar-refractivity contribution >= 4 is 33.3 Å². The first kappa shape index (κ1) is 18.7. The van der Waals surface area contributed by atoms with E-state index in [4.69, 9.17) is 16.7 Å². The van der Waals surface area contributed by atoms with E-state index in [1.54, 1.807) is 6.92 Å². The standard InChI is InChI=1S/C16H20ClNO5S/c1-11(10-14(19)20)18-15(21)16(8-2-3-9-16)24(22,23)13-6-4-12(17)5-7-13/h4-7,11H,2-3,8-10H2,1H3,(H,18,21)(H,19,20). The van der Waals surface area contributed by atoms with Crippen LogP contribution in [0.5, 0.6) is 0 Å². The minimum atomic E-state index is -3.91. The van der Waals surface area contributed by atoms with Crippen LogP contribution in [0.1, 0.15) is 39.0 Å². The van der Waals surface area contributed by atoms with Crippen molar-refractivity contribution in [3.63, 3.8) is 0 Å². The highest BCUT2D eigenvalue weighted by Crippen LogP contribution is 2.41. The van der Waals surface area contributed by atoms with Crippen LogP contribution in [0.2, 0.25) is 5.02 Å². The number of rotatable bonds is 6. The Balaban J connectivity index is 2.34. The molecule has 6 nitrogen and oxygen atoms in total. The average Bonchev–Trinajstić information content (AvgIpc) is 2.98. The highest BCUT2D eigenvalue weighted by Gasteiger charge is 2.53. The van der Waals surface area contributed by atoms with Crippen LogP contribution in [0.4, 0.5) is 0 Å². The van der Waals surface area contributed by atoms with Crippen LogP contribution in [-0.4, -0.2) is 36.2 Å². The molecule has 1 fully saturated rings. The first-order valence-electron chi connectivity index (χ1n) is 7.72. The number of carboxylic acid groups (broad SMARTS) is 1.